The summed E-state index contributed by atoms with van der Waals surface area (Å²) in [5.41, 5.74) is 1.29. The molecule has 20 heavy (non-hydrogen) atoms. The molecule has 0 saturated heterocycles. The Morgan fingerprint density at radius 3 is 2.80 bits per heavy atom. The van der Waals surface area contributed by atoms with Crippen LogP contribution in [0.15, 0.2) is 30.5 Å². The van der Waals surface area contributed by atoms with E-state index in [4.69, 9.17) is 4.74 Å². The lowest BCUT2D eigenvalue weighted by atomic mass is 10.2. The Kier molecular flexibility index (Phi) is 4.43. The first-order chi connectivity index (χ1) is 9.72. The summed E-state index contributed by atoms with van der Waals surface area (Å²) in [5, 5.41) is 13.4. The first-order valence-electron chi connectivity index (χ1n) is 6.01. The van der Waals surface area contributed by atoms with E-state index in [0.29, 0.717) is 18.2 Å². The molecule has 2 heterocycles. The summed E-state index contributed by atoms with van der Waals surface area (Å²) in [7, 11) is 3.12. The molecule has 0 aromatic carbocycles. The Bertz CT molecular complexity index is 586. The summed E-state index contributed by atoms with van der Waals surface area (Å²) in [4.78, 5) is 15.4. The topological polar surface area (TPSA) is 89.0 Å². The second kappa shape index (κ2) is 6.46. The Labute approximate surface area is 116 Å². The molecule has 0 saturated carbocycles. The summed E-state index contributed by atoms with van der Waals surface area (Å²) < 4.78 is 5.05. The molecule has 2 rings (SSSR count). The number of nitrogens with zero attached hydrogens (tertiary/aromatic N) is 3. The number of carbonyl (C=O) groups is 1. The largest absolute Gasteiger partial charge is 0.481 e. The van der Waals surface area contributed by atoms with E-state index in [0.717, 1.165) is 5.56 Å². The predicted molar refractivity (Wildman–Crippen MR) is 73.5 cm³/mol. The fourth-order valence-electron chi connectivity index (χ4n) is 1.54. The van der Waals surface area contributed by atoms with Gasteiger partial charge in [-0.15, -0.1) is 10.2 Å². The van der Waals surface area contributed by atoms with E-state index in [1.807, 2.05) is 12.1 Å². The average Bonchev–Trinajstić information content (AvgIpc) is 2.53. The van der Waals surface area contributed by atoms with Crippen LogP contribution in [0.4, 0.5) is 5.82 Å². The highest BCUT2D eigenvalue weighted by molar-refractivity contribution is 5.91. The lowest BCUT2D eigenvalue weighted by molar-refractivity contribution is 0.0957. The SMILES string of the molecule is CNC(=O)c1ccc(NCc2ccnc(OC)c2)nn1. The van der Waals surface area contributed by atoms with E-state index >= 15 is 0 Å². The fourth-order valence-corrected chi connectivity index (χ4v) is 1.54. The summed E-state index contributed by atoms with van der Waals surface area (Å²) in [6.45, 7) is 0.562. The van der Waals surface area contributed by atoms with Crippen molar-refractivity contribution < 1.29 is 9.53 Å². The van der Waals surface area contributed by atoms with Crippen molar-refractivity contribution in [3.8, 4) is 5.88 Å². The number of nitrogens with one attached hydrogen (secondary N) is 2. The van der Waals surface area contributed by atoms with Crippen molar-refractivity contribution in [1.82, 2.24) is 20.5 Å². The van der Waals surface area contributed by atoms with Crippen LogP contribution in [0.25, 0.3) is 0 Å². The van der Waals surface area contributed by atoms with Gasteiger partial charge in [0.2, 0.25) is 5.88 Å². The first kappa shape index (κ1) is 13.7. The number of rotatable bonds is 5. The Hall–Kier alpha value is -2.70. The fraction of sp³-hybridized carbons (Fsp3) is 0.231. The van der Waals surface area contributed by atoms with Crippen molar-refractivity contribution in [2.75, 3.05) is 19.5 Å². The summed E-state index contributed by atoms with van der Waals surface area (Å²) in [6, 6.07) is 7.03. The van der Waals surface area contributed by atoms with Crippen LogP contribution in [0.2, 0.25) is 0 Å². The smallest absolute Gasteiger partial charge is 0.271 e. The first-order valence-corrected chi connectivity index (χ1v) is 6.01. The molecule has 0 unspecified atom stereocenters. The molecule has 0 aliphatic carbocycles. The molecule has 7 nitrogen and oxygen atoms in total. The Morgan fingerprint density at radius 1 is 1.30 bits per heavy atom. The Balaban J connectivity index is 1.98. The number of carbonyl (C=O) groups excluding carboxylic acids is 1. The van der Waals surface area contributed by atoms with Crippen LogP contribution in [-0.4, -0.2) is 35.2 Å². The minimum absolute atomic E-state index is 0.261. The number of aromatic nitrogens is 3. The van der Waals surface area contributed by atoms with Crippen LogP contribution in [0.5, 0.6) is 5.88 Å². The van der Waals surface area contributed by atoms with Gasteiger partial charge in [0.15, 0.2) is 5.69 Å². The van der Waals surface area contributed by atoms with Gasteiger partial charge >= 0.3 is 0 Å². The summed E-state index contributed by atoms with van der Waals surface area (Å²) in [5.74, 6) is 0.890. The quantitative estimate of drug-likeness (QED) is 0.839. The molecule has 0 bridgehead atoms. The standard InChI is InChI=1S/C13H15N5O2/c1-14-13(19)10-3-4-11(18-17-10)16-8-9-5-6-15-12(7-9)20-2/h3-7H,8H2,1-2H3,(H,14,19)(H,16,18). The van der Waals surface area contributed by atoms with Gasteiger partial charge in [-0.25, -0.2) is 4.98 Å². The zero-order valence-electron chi connectivity index (χ0n) is 11.3. The highest BCUT2D eigenvalue weighted by Crippen LogP contribution is 2.10. The lowest BCUT2D eigenvalue weighted by Crippen LogP contribution is -2.19. The second-order valence-electron chi connectivity index (χ2n) is 3.94. The number of hydrogen-bond acceptors (Lipinski definition) is 6. The monoisotopic (exact) mass is 273 g/mol. The van der Waals surface area contributed by atoms with E-state index < -0.39 is 0 Å². The van der Waals surface area contributed by atoms with Crippen LogP contribution in [0, 0.1) is 0 Å². The van der Waals surface area contributed by atoms with E-state index in [1.54, 1.807) is 32.5 Å². The minimum atomic E-state index is -0.261. The second-order valence-corrected chi connectivity index (χ2v) is 3.94. The van der Waals surface area contributed by atoms with E-state index in [1.165, 1.54) is 0 Å². The maximum absolute atomic E-state index is 11.3. The maximum atomic E-state index is 11.3. The van der Waals surface area contributed by atoms with Gasteiger partial charge < -0.3 is 15.4 Å². The molecule has 0 radical (unpaired) electrons. The number of amides is 1. The molecular weight excluding hydrogens is 258 g/mol. The van der Waals surface area contributed by atoms with Gasteiger partial charge in [0.25, 0.3) is 5.91 Å². The molecule has 104 valence electrons. The van der Waals surface area contributed by atoms with Crippen LogP contribution < -0.4 is 15.4 Å². The highest BCUT2D eigenvalue weighted by atomic mass is 16.5. The minimum Gasteiger partial charge on any atom is -0.481 e. The van der Waals surface area contributed by atoms with Crippen LogP contribution in [-0.2, 0) is 6.54 Å². The van der Waals surface area contributed by atoms with Gasteiger partial charge in [0.1, 0.15) is 5.82 Å². The summed E-state index contributed by atoms with van der Waals surface area (Å²) >= 11 is 0. The van der Waals surface area contributed by atoms with Crippen molar-refractivity contribution in [2.24, 2.45) is 0 Å². The summed E-state index contributed by atoms with van der Waals surface area (Å²) in [6.07, 6.45) is 1.68. The van der Waals surface area contributed by atoms with Crippen LogP contribution in [0.1, 0.15) is 16.1 Å². The molecule has 0 fully saturated rings. The maximum Gasteiger partial charge on any atom is 0.271 e. The lowest BCUT2D eigenvalue weighted by Gasteiger charge is -2.06. The van der Waals surface area contributed by atoms with Gasteiger partial charge in [-0.05, 0) is 23.8 Å². The molecular formula is C13H15N5O2. The van der Waals surface area contributed by atoms with Gasteiger partial charge in [-0.1, -0.05) is 0 Å². The zero-order valence-corrected chi connectivity index (χ0v) is 11.3. The molecule has 2 aromatic rings. The van der Waals surface area contributed by atoms with Crippen LogP contribution >= 0.6 is 0 Å². The molecule has 0 aliphatic rings. The van der Waals surface area contributed by atoms with Gasteiger partial charge in [0.05, 0.1) is 7.11 Å². The number of pyridine rings is 1. The third-order valence-corrected chi connectivity index (χ3v) is 2.61. The van der Waals surface area contributed by atoms with Gasteiger partial charge in [-0.3, -0.25) is 4.79 Å². The molecule has 7 heteroatoms. The molecule has 2 N–H and O–H groups in total. The normalized spacial score (nSPS) is 9.90. The van der Waals surface area contributed by atoms with Crippen molar-refractivity contribution >= 4 is 11.7 Å². The highest BCUT2D eigenvalue weighted by Gasteiger charge is 2.05. The molecule has 1 amide bonds. The van der Waals surface area contributed by atoms with Gasteiger partial charge in [0, 0.05) is 25.9 Å². The third kappa shape index (κ3) is 3.41. The third-order valence-electron chi connectivity index (χ3n) is 2.61. The van der Waals surface area contributed by atoms with Crippen molar-refractivity contribution in [3.63, 3.8) is 0 Å². The predicted octanol–water partition coefficient (Wildman–Crippen LogP) is 0.852. The van der Waals surface area contributed by atoms with E-state index in [-0.39, 0.29) is 11.6 Å². The number of ether oxygens (including phenoxy) is 1. The van der Waals surface area contributed by atoms with Gasteiger partial charge in [-0.2, -0.15) is 0 Å². The van der Waals surface area contributed by atoms with Crippen molar-refractivity contribution in [2.45, 2.75) is 6.54 Å². The van der Waals surface area contributed by atoms with Crippen LogP contribution in [0.3, 0.4) is 0 Å². The van der Waals surface area contributed by atoms with E-state index in [2.05, 4.69) is 25.8 Å². The average molecular weight is 273 g/mol. The number of hydrogen-bond donors (Lipinski definition) is 2. The molecule has 2 aromatic heterocycles. The number of methoxy groups -OCH3 is 1. The van der Waals surface area contributed by atoms with Crippen molar-refractivity contribution in [1.29, 1.82) is 0 Å². The Morgan fingerprint density at radius 2 is 2.15 bits per heavy atom. The zero-order chi connectivity index (χ0) is 14.4. The molecule has 0 aliphatic heterocycles. The molecule has 0 atom stereocenters. The number of anilines is 1. The molecule has 0 spiro atoms. The van der Waals surface area contributed by atoms with E-state index in [9.17, 15) is 4.79 Å². The van der Waals surface area contributed by atoms with Crippen molar-refractivity contribution in [3.05, 3.63) is 41.7 Å².